The van der Waals surface area contributed by atoms with Gasteiger partial charge in [-0.1, -0.05) is 26.0 Å². The third kappa shape index (κ3) is 4.79. The van der Waals surface area contributed by atoms with Crippen LogP contribution in [0.2, 0.25) is 0 Å². The lowest BCUT2D eigenvalue weighted by Gasteiger charge is -2.25. The van der Waals surface area contributed by atoms with Crippen LogP contribution >= 0.6 is 0 Å². The van der Waals surface area contributed by atoms with Crippen molar-refractivity contribution in [2.24, 2.45) is 0 Å². The first-order valence-corrected chi connectivity index (χ1v) is 11.4. The third-order valence-electron chi connectivity index (χ3n) is 6.22. The van der Waals surface area contributed by atoms with E-state index in [2.05, 4.69) is 41.7 Å². The van der Waals surface area contributed by atoms with Crippen LogP contribution in [-0.2, 0) is 0 Å². The third-order valence-corrected chi connectivity index (χ3v) is 6.22. The van der Waals surface area contributed by atoms with Crippen LogP contribution in [0.5, 0.6) is 5.75 Å². The zero-order chi connectivity index (χ0) is 24.2. The minimum Gasteiger partial charge on any atom is -0.495 e. The molecule has 1 aromatic heterocycles. The first-order chi connectivity index (χ1) is 16.4. The topological polar surface area (TPSA) is 111 Å². The number of benzene rings is 2. The number of nitro benzene ring substituents is 1. The van der Waals surface area contributed by atoms with Gasteiger partial charge in [0.05, 0.1) is 40.9 Å². The van der Waals surface area contributed by atoms with Crippen molar-refractivity contribution < 1.29 is 14.5 Å². The van der Waals surface area contributed by atoms with Gasteiger partial charge < -0.3 is 15.4 Å². The molecule has 1 amide bonds. The molecule has 9 heteroatoms. The van der Waals surface area contributed by atoms with Crippen molar-refractivity contribution in [2.45, 2.75) is 38.5 Å². The second-order valence-electron chi connectivity index (χ2n) is 8.72. The summed E-state index contributed by atoms with van der Waals surface area (Å²) in [5, 5.41) is 22.0. The smallest absolute Gasteiger partial charge is 0.271 e. The average Bonchev–Trinajstić information content (AvgIpc) is 3.30. The van der Waals surface area contributed by atoms with E-state index in [1.54, 1.807) is 6.20 Å². The fraction of sp³-hybridized carbons (Fsp3) is 0.360. The zero-order valence-corrected chi connectivity index (χ0v) is 19.6. The number of nitrogens with one attached hydrogen (secondary N) is 2. The van der Waals surface area contributed by atoms with Gasteiger partial charge in [0.1, 0.15) is 5.75 Å². The van der Waals surface area contributed by atoms with Gasteiger partial charge >= 0.3 is 0 Å². The molecular formula is C25H29N5O4. The van der Waals surface area contributed by atoms with Crippen LogP contribution in [-0.4, -0.2) is 40.8 Å². The van der Waals surface area contributed by atoms with Crippen LogP contribution in [0, 0.1) is 10.1 Å². The van der Waals surface area contributed by atoms with Gasteiger partial charge in [-0.15, -0.1) is 0 Å². The molecule has 1 aliphatic rings. The van der Waals surface area contributed by atoms with Crippen molar-refractivity contribution in [3.63, 3.8) is 0 Å². The van der Waals surface area contributed by atoms with E-state index in [4.69, 9.17) is 4.74 Å². The summed E-state index contributed by atoms with van der Waals surface area (Å²) in [5.74, 6) is 0.541. The Labute approximate surface area is 198 Å². The summed E-state index contributed by atoms with van der Waals surface area (Å²) in [6.45, 7) is 6.02. The summed E-state index contributed by atoms with van der Waals surface area (Å²) in [5.41, 5.74) is 3.54. The second-order valence-corrected chi connectivity index (χ2v) is 8.72. The van der Waals surface area contributed by atoms with Gasteiger partial charge in [-0.25, -0.2) is 4.68 Å². The minimum atomic E-state index is -0.506. The number of hydrogen-bond donors (Lipinski definition) is 2. The highest BCUT2D eigenvalue weighted by Crippen LogP contribution is 2.33. The summed E-state index contributed by atoms with van der Waals surface area (Å²) in [7, 11) is 1.45. The Bertz CT molecular complexity index is 1180. The standard InChI is InChI=1S/C25H29N5O4/c1-16(2)17-4-6-19(7-5-17)29-24(18-10-12-26-13-11-18)21(15-27-29)25(31)28-22-14-20(30(32)33)8-9-23(22)34-3/h4-9,14-16,18,26H,10-13H2,1-3H3,(H,28,31). The Morgan fingerprint density at radius 3 is 2.53 bits per heavy atom. The quantitative estimate of drug-likeness (QED) is 0.390. The van der Waals surface area contributed by atoms with Gasteiger partial charge in [-0.05, 0) is 55.6 Å². The maximum absolute atomic E-state index is 13.4. The number of ether oxygens (including phenoxy) is 1. The highest BCUT2D eigenvalue weighted by atomic mass is 16.6. The van der Waals surface area contributed by atoms with Gasteiger partial charge in [0, 0.05) is 18.1 Å². The number of hydrogen-bond acceptors (Lipinski definition) is 6. The molecule has 4 rings (SSSR count). The van der Waals surface area contributed by atoms with E-state index < -0.39 is 4.92 Å². The summed E-state index contributed by atoms with van der Waals surface area (Å²) in [4.78, 5) is 24.1. The molecule has 2 heterocycles. The summed E-state index contributed by atoms with van der Waals surface area (Å²) < 4.78 is 7.15. The highest BCUT2D eigenvalue weighted by molar-refractivity contribution is 6.06. The molecule has 0 radical (unpaired) electrons. The number of nitrogens with zero attached hydrogens (tertiary/aromatic N) is 3. The first kappa shape index (κ1) is 23.4. The first-order valence-electron chi connectivity index (χ1n) is 11.4. The fourth-order valence-corrected chi connectivity index (χ4v) is 4.32. The number of amides is 1. The molecule has 0 spiro atoms. The molecule has 0 atom stereocenters. The maximum atomic E-state index is 13.4. The SMILES string of the molecule is COc1ccc([N+](=O)[O-])cc1NC(=O)c1cnn(-c2ccc(C(C)C)cc2)c1C1CCNCC1. The summed E-state index contributed by atoms with van der Waals surface area (Å²) in [6.07, 6.45) is 3.35. The van der Waals surface area contributed by atoms with Crippen molar-refractivity contribution in [3.05, 3.63) is 75.6 Å². The summed E-state index contributed by atoms with van der Waals surface area (Å²) >= 11 is 0. The molecule has 1 aliphatic heterocycles. The van der Waals surface area contributed by atoms with Crippen LogP contribution in [0.15, 0.2) is 48.7 Å². The van der Waals surface area contributed by atoms with Crippen molar-refractivity contribution in [1.82, 2.24) is 15.1 Å². The molecule has 1 saturated heterocycles. The Hall–Kier alpha value is -3.72. The highest BCUT2D eigenvalue weighted by Gasteiger charge is 2.28. The van der Waals surface area contributed by atoms with Crippen molar-refractivity contribution in [1.29, 1.82) is 0 Å². The van der Waals surface area contributed by atoms with E-state index in [1.165, 1.54) is 30.9 Å². The lowest BCUT2D eigenvalue weighted by Crippen LogP contribution is -2.29. The number of carbonyl (C=O) groups is 1. The molecule has 1 fully saturated rings. The lowest BCUT2D eigenvalue weighted by atomic mass is 9.91. The number of aromatic nitrogens is 2. The Morgan fingerprint density at radius 2 is 1.91 bits per heavy atom. The van der Waals surface area contributed by atoms with Crippen molar-refractivity contribution in [2.75, 3.05) is 25.5 Å². The molecule has 34 heavy (non-hydrogen) atoms. The fourth-order valence-electron chi connectivity index (χ4n) is 4.32. The average molecular weight is 464 g/mol. The molecule has 0 bridgehead atoms. The monoisotopic (exact) mass is 463 g/mol. The molecule has 3 aromatic rings. The number of piperidine rings is 1. The van der Waals surface area contributed by atoms with E-state index in [1.807, 2.05) is 16.8 Å². The lowest BCUT2D eigenvalue weighted by molar-refractivity contribution is -0.384. The predicted molar refractivity (Wildman–Crippen MR) is 130 cm³/mol. The van der Waals surface area contributed by atoms with Crippen LogP contribution in [0.4, 0.5) is 11.4 Å². The Morgan fingerprint density at radius 1 is 1.21 bits per heavy atom. The van der Waals surface area contributed by atoms with E-state index >= 15 is 0 Å². The number of nitro groups is 1. The molecule has 178 valence electrons. The van der Waals surface area contributed by atoms with Gasteiger partial charge in [0.2, 0.25) is 0 Å². The number of anilines is 1. The number of rotatable bonds is 7. The van der Waals surface area contributed by atoms with E-state index in [0.717, 1.165) is 37.3 Å². The van der Waals surface area contributed by atoms with Gasteiger partial charge in [-0.2, -0.15) is 5.10 Å². The van der Waals surface area contributed by atoms with Crippen LogP contribution < -0.4 is 15.4 Å². The predicted octanol–water partition coefficient (Wildman–Crippen LogP) is 4.63. The molecule has 0 aliphatic carbocycles. The van der Waals surface area contributed by atoms with E-state index in [-0.39, 0.29) is 23.2 Å². The van der Waals surface area contributed by atoms with E-state index in [0.29, 0.717) is 17.2 Å². The minimum absolute atomic E-state index is 0.129. The van der Waals surface area contributed by atoms with Crippen molar-refractivity contribution in [3.8, 4) is 11.4 Å². The van der Waals surface area contributed by atoms with E-state index in [9.17, 15) is 14.9 Å². The number of methoxy groups -OCH3 is 1. The van der Waals surface area contributed by atoms with Crippen molar-refractivity contribution >= 4 is 17.3 Å². The summed E-state index contributed by atoms with van der Waals surface area (Å²) in [6, 6.07) is 12.3. The Balaban J connectivity index is 1.72. The largest absolute Gasteiger partial charge is 0.495 e. The van der Waals surface area contributed by atoms with Gasteiger partial charge in [-0.3, -0.25) is 14.9 Å². The molecule has 9 nitrogen and oxygen atoms in total. The second kappa shape index (κ2) is 10.0. The van der Waals surface area contributed by atoms with Crippen LogP contribution in [0.1, 0.15) is 60.1 Å². The number of non-ortho nitro benzene ring substituents is 1. The normalized spacial score (nSPS) is 14.2. The van der Waals surface area contributed by atoms with Crippen LogP contribution in [0.3, 0.4) is 0 Å². The number of carbonyl (C=O) groups excluding carboxylic acids is 1. The molecule has 0 unspecified atom stereocenters. The molecular weight excluding hydrogens is 434 g/mol. The maximum Gasteiger partial charge on any atom is 0.271 e. The van der Waals surface area contributed by atoms with Gasteiger partial charge in [0.25, 0.3) is 11.6 Å². The molecule has 0 saturated carbocycles. The van der Waals surface area contributed by atoms with Crippen LogP contribution in [0.25, 0.3) is 5.69 Å². The molecule has 2 aromatic carbocycles. The Kier molecular flexibility index (Phi) is 6.93. The zero-order valence-electron chi connectivity index (χ0n) is 19.6. The van der Waals surface area contributed by atoms with Gasteiger partial charge in [0.15, 0.2) is 0 Å². The molecule has 2 N–H and O–H groups in total.